The Morgan fingerprint density at radius 2 is 1.73 bits per heavy atom. The van der Waals surface area contributed by atoms with Gasteiger partial charge in [-0.1, -0.05) is 62.2 Å². The van der Waals surface area contributed by atoms with Crippen molar-refractivity contribution in [3.05, 3.63) is 81.8 Å². The fraction of sp³-hybridized carbons (Fsp3) is 0.290. The van der Waals surface area contributed by atoms with Gasteiger partial charge in [0.05, 0.1) is 21.1 Å². The lowest BCUT2D eigenvalue weighted by atomic mass is 9.92. The zero-order valence-corrected chi connectivity index (χ0v) is 24.2. The Labute approximate surface area is 243 Å². The summed E-state index contributed by atoms with van der Waals surface area (Å²) in [5.41, 5.74) is 3.03. The van der Waals surface area contributed by atoms with Crippen LogP contribution < -0.4 is 15.5 Å². The molecule has 2 N–H and O–H groups in total. The molecule has 5 rings (SSSR count). The van der Waals surface area contributed by atoms with Crippen molar-refractivity contribution in [3.63, 3.8) is 0 Å². The smallest absolute Gasteiger partial charge is 0.257 e. The number of halogens is 2. The van der Waals surface area contributed by atoms with Crippen LogP contribution in [-0.4, -0.2) is 34.9 Å². The molecule has 0 unspecified atom stereocenters. The van der Waals surface area contributed by atoms with Gasteiger partial charge in [0.1, 0.15) is 5.82 Å². The lowest BCUT2D eigenvalue weighted by molar-refractivity contribution is -0.122. The number of aromatic nitrogens is 2. The zero-order chi connectivity index (χ0) is 28.4. The Kier molecular flexibility index (Phi) is 7.97. The average molecular weight is 577 g/mol. The summed E-state index contributed by atoms with van der Waals surface area (Å²) >= 11 is 12.9. The summed E-state index contributed by atoms with van der Waals surface area (Å²) in [4.78, 5) is 37.4. The molecule has 2 amide bonds. The van der Waals surface area contributed by atoms with Crippen molar-refractivity contribution in [2.75, 3.05) is 23.3 Å². The Hall–Kier alpha value is -3.68. The third kappa shape index (κ3) is 6.37. The lowest BCUT2D eigenvalue weighted by Crippen LogP contribution is -2.37. The van der Waals surface area contributed by atoms with Crippen molar-refractivity contribution in [2.24, 2.45) is 5.41 Å². The molecule has 3 aromatic carbocycles. The van der Waals surface area contributed by atoms with Crippen LogP contribution in [0.5, 0.6) is 0 Å². The standard InChI is InChI=1S/C31H31Cl2N5O2/c1-31(2,3)17-27(39)34-18-19-9-12-25(33)23(15-19)30(40)35-20-10-11-22-26(16-20)36-28(21-7-4-5-8-24(21)32)37-29(22)38-13-6-14-38/h4-5,7-12,15-16H,6,13-14,17-18H2,1-3H3,(H,34,39)(H,35,40). The maximum Gasteiger partial charge on any atom is 0.257 e. The zero-order valence-electron chi connectivity index (χ0n) is 22.7. The molecule has 1 saturated heterocycles. The number of amides is 2. The van der Waals surface area contributed by atoms with Crippen LogP contribution in [0.3, 0.4) is 0 Å². The topological polar surface area (TPSA) is 87.2 Å². The van der Waals surface area contributed by atoms with Crippen LogP contribution in [0, 0.1) is 5.41 Å². The van der Waals surface area contributed by atoms with E-state index < -0.39 is 0 Å². The molecule has 7 nitrogen and oxygen atoms in total. The first-order chi connectivity index (χ1) is 19.1. The highest BCUT2D eigenvalue weighted by atomic mass is 35.5. The minimum atomic E-state index is -0.351. The second-order valence-corrected chi connectivity index (χ2v) is 12.0. The normalized spacial score (nSPS) is 13.2. The van der Waals surface area contributed by atoms with Crippen LogP contribution in [0.15, 0.2) is 60.7 Å². The quantitative estimate of drug-likeness (QED) is 0.245. The van der Waals surface area contributed by atoms with E-state index in [0.717, 1.165) is 41.8 Å². The van der Waals surface area contributed by atoms with E-state index in [1.54, 1.807) is 18.2 Å². The summed E-state index contributed by atoms with van der Waals surface area (Å²) in [5.74, 6) is 0.997. The number of carbonyl (C=O) groups excluding carboxylic acids is 2. The SMILES string of the molecule is CC(C)(C)CC(=O)NCc1ccc(Cl)c(C(=O)Nc2ccc3c(N4CCC4)nc(-c4ccccc4Cl)nc3c2)c1. The second kappa shape index (κ2) is 11.4. The molecule has 2 heterocycles. The predicted octanol–water partition coefficient (Wildman–Crippen LogP) is 7.12. The molecule has 0 aliphatic carbocycles. The largest absolute Gasteiger partial charge is 0.356 e. The van der Waals surface area contributed by atoms with Gasteiger partial charge in [0.25, 0.3) is 5.91 Å². The number of hydrogen-bond acceptors (Lipinski definition) is 5. The monoisotopic (exact) mass is 575 g/mol. The Bertz CT molecular complexity index is 1590. The average Bonchev–Trinajstić information content (AvgIpc) is 2.86. The van der Waals surface area contributed by atoms with E-state index in [9.17, 15) is 9.59 Å². The molecule has 1 aromatic heterocycles. The minimum absolute atomic E-state index is 0.0413. The van der Waals surface area contributed by atoms with Crippen LogP contribution in [-0.2, 0) is 11.3 Å². The van der Waals surface area contributed by atoms with E-state index in [4.69, 9.17) is 33.2 Å². The molecule has 40 heavy (non-hydrogen) atoms. The van der Waals surface area contributed by atoms with Crippen LogP contribution in [0.2, 0.25) is 10.0 Å². The molecule has 4 aromatic rings. The van der Waals surface area contributed by atoms with Crippen molar-refractivity contribution in [1.82, 2.24) is 15.3 Å². The van der Waals surface area contributed by atoms with Crippen LogP contribution >= 0.6 is 23.2 Å². The molecule has 0 bridgehead atoms. The lowest BCUT2D eigenvalue weighted by Gasteiger charge is -2.33. The predicted molar refractivity (Wildman–Crippen MR) is 162 cm³/mol. The van der Waals surface area contributed by atoms with Gasteiger partial charge in [-0.2, -0.15) is 0 Å². The number of fused-ring (bicyclic) bond motifs is 1. The fourth-order valence-electron chi connectivity index (χ4n) is 4.52. The van der Waals surface area contributed by atoms with Crippen molar-refractivity contribution in [3.8, 4) is 11.4 Å². The maximum absolute atomic E-state index is 13.3. The molecule has 9 heteroatoms. The summed E-state index contributed by atoms with van der Waals surface area (Å²) < 4.78 is 0. The molecule has 206 valence electrons. The van der Waals surface area contributed by atoms with Gasteiger partial charge in [-0.15, -0.1) is 0 Å². The Morgan fingerprint density at radius 3 is 2.42 bits per heavy atom. The molecular formula is C31H31Cl2N5O2. The first kappa shape index (κ1) is 27.9. The molecular weight excluding hydrogens is 545 g/mol. The Morgan fingerprint density at radius 1 is 0.950 bits per heavy atom. The minimum Gasteiger partial charge on any atom is -0.356 e. The van der Waals surface area contributed by atoms with Crippen LogP contribution in [0.25, 0.3) is 22.3 Å². The number of carbonyl (C=O) groups is 2. The first-order valence-electron chi connectivity index (χ1n) is 13.3. The molecule has 1 aliphatic rings. The molecule has 1 fully saturated rings. The maximum atomic E-state index is 13.3. The summed E-state index contributed by atoms with van der Waals surface area (Å²) in [5, 5.41) is 7.67. The van der Waals surface area contributed by atoms with E-state index in [-0.39, 0.29) is 17.2 Å². The van der Waals surface area contributed by atoms with E-state index in [1.807, 2.05) is 63.2 Å². The number of nitrogens with one attached hydrogen (secondary N) is 2. The van der Waals surface area contributed by atoms with Crippen LogP contribution in [0.4, 0.5) is 11.5 Å². The highest BCUT2D eigenvalue weighted by Crippen LogP contribution is 2.34. The van der Waals surface area contributed by atoms with Gasteiger partial charge < -0.3 is 15.5 Å². The summed E-state index contributed by atoms with van der Waals surface area (Å²) in [7, 11) is 0. The summed E-state index contributed by atoms with van der Waals surface area (Å²) in [6.45, 7) is 8.21. The van der Waals surface area contributed by atoms with E-state index in [1.165, 1.54) is 0 Å². The van der Waals surface area contributed by atoms with E-state index in [2.05, 4.69) is 15.5 Å². The number of rotatable bonds is 7. The van der Waals surface area contributed by atoms with Gasteiger partial charge in [-0.05, 0) is 59.9 Å². The van der Waals surface area contributed by atoms with E-state index >= 15 is 0 Å². The Balaban J connectivity index is 1.40. The number of hydrogen-bond donors (Lipinski definition) is 2. The molecule has 0 saturated carbocycles. The number of nitrogens with zero attached hydrogens (tertiary/aromatic N) is 3. The van der Waals surface area contributed by atoms with Gasteiger partial charge in [-0.3, -0.25) is 9.59 Å². The summed E-state index contributed by atoms with van der Waals surface area (Å²) in [6, 6.07) is 18.3. The second-order valence-electron chi connectivity index (χ2n) is 11.2. The van der Waals surface area contributed by atoms with Crippen molar-refractivity contribution < 1.29 is 9.59 Å². The van der Waals surface area contributed by atoms with Crippen molar-refractivity contribution in [1.29, 1.82) is 0 Å². The third-order valence-electron chi connectivity index (χ3n) is 6.66. The highest BCUT2D eigenvalue weighted by Gasteiger charge is 2.22. The van der Waals surface area contributed by atoms with Gasteiger partial charge in [0.2, 0.25) is 5.91 Å². The number of anilines is 2. The fourth-order valence-corrected chi connectivity index (χ4v) is 4.95. The van der Waals surface area contributed by atoms with Crippen LogP contribution in [0.1, 0.15) is 49.5 Å². The van der Waals surface area contributed by atoms with Crippen molar-refractivity contribution in [2.45, 2.75) is 40.2 Å². The van der Waals surface area contributed by atoms with E-state index in [0.29, 0.717) is 45.6 Å². The van der Waals surface area contributed by atoms with Gasteiger partial charge in [-0.25, -0.2) is 9.97 Å². The van der Waals surface area contributed by atoms with Crippen molar-refractivity contribution >= 4 is 57.4 Å². The van der Waals surface area contributed by atoms with Gasteiger partial charge in [0.15, 0.2) is 5.82 Å². The van der Waals surface area contributed by atoms with Gasteiger partial charge in [0, 0.05) is 42.7 Å². The highest BCUT2D eigenvalue weighted by molar-refractivity contribution is 6.34. The third-order valence-corrected chi connectivity index (χ3v) is 7.32. The first-order valence-corrected chi connectivity index (χ1v) is 14.0. The summed E-state index contributed by atoms with van der Waals surface area (Å²) in [6.07, 6.45) is 1.53. The molecule has 0 spiro atoms. The number of benzene rings is 3. The molecule has 0 radical (unpaired) electrons. The van der Waals surface area contributed by atoms with Gasteiger partial charge >= 0.3 is 0 Å². The molecule has 0 atom stereocenters. The molecule has 1 aliphatic heterocycles.